The molecule has 0 aliphatic carbocycles. The van der Waals surface area contributed by atoms with Crippen LogP contribution >= 0.6 is 0 Å². The van der Waals surface area contributed by atoms with Gasteiger partial charge in [-0.05, 0) is 47.5 Å². The molecule has 0 atom stereocenters. The average molecular weight is 289 g/mol. The molecule has 0 saturated carbocycles. The van der Waals surface area contributed by atoms with Crippen LogP contribution in [0.15, 0.2) is 66.7 Å². The lowest BCUT2D eigenvalue weighted by Crippen LogP contribution is -1.90. The van der Waals surface area contributed by atoms with E-state index in [0.29, 0.717) is 0 Å². The van der Waals surface area contributed by atoms with Crippen molar-refractivity contribution in [3.05, 3.63) is 72.8 Å². The largest absolute Gasteiger partial charge is 0.496 e. The predicted octanol–water partition coefficient (Wildman–Crippen LogP) is 4.84. The summed E-state index contributed by atoms with van der Waals surface area (Å²) in [4.78, 5) is 0. The third-order valence-electron chi connectivity index (χ3n) is 3.62. The fourth-order valence-corrected chi connectivity index (χ4v) is 2.55. The molecule has 3 aromatic carbocycles. The van der Waals surface area contributed by atoms with Gasteiger partial charge in [0, 0.05) is 11.1 Å². The number of hydrogen-bond acceptors (Lipinski definition) is 2. The van der Waals surface area contributed by atoms with Crippen molar-refractivity contribution in [3.8, 4) is 33.8 Å². The molecule has 0 fully saturated rings. The van der Waals surface area contributed by atoms with Crippen LogP contribution in [0.1, 0.15) is 0 Å². The van der Waals surface area contributed by atoms with E-state index in [1.165, 1.54) is 0 Å². The lowest BCUT2D eigenvalue weighted by molar-refractivity contribution is 0.416. The first-order valence-electron chi connectivity index (χ1n) is 7.11. The zero-order chi connectivity index (χ0) is 15.4. The van der Waals surface area contributed by atoms with Gasteiger partial charge >= 0.3 is 0 Å². The van der Waals surface area contributed by atoms with Gasteiger partial charge < -0.3 is 9.47 Å². The Morgan fingerprint density at radius 3 is 1.59 bits per heavy atom. The van der Waals surface area contributed by atoms with Gasteiger partial charge in [0.15, 0.2) is 0 Å². The summed E-state index contributed by atoms with van der Waals surface area (Å²) < 4.78 is 10.9. The molecule has 0 heterocycles. The van der Waals surface area contributed by atoms with Crippen molar-refractivity contribution in [2.75, 3.05) is 14.2 Å². The van der Waals surface area contributed by atoms with E-state index in [4.69, 9.17) is 9.47 Å². The number of ether oxygens (including phenoxy) is 2. The number of rotatable bonds is 4. The molecule has 109 valence electrons. The van der Waals surface area contributed by atoms with Gasteiger partial charge in [0.1, 0.15) is 11.5 Å². The second-order valence-electron chi connectivity index (χ2n) is 4.91. The van der Waals surface area contributed by atoms with E-state index in [2.05, 4.69) is 12.1 Å². The number of para-hydroxylation sites is 2. The number of benzene rings is 3. The van der Waals surface area contributed by atoms with Gasteiger partial charge in [0.2, 0.25) is 0 Å². The Hall–Kier alpha value is -2.74. The van der Waals surface area contributed by atoms with Crippen LogP contribution in [0.2, 0.25) is 0 Å². The second-order valence-corrected chi connectivity index (χ2v) is 4.91. The van der Waals surface area contributed by atoms with E-state index in [1.54, 1.807) is 14.2 Å². The van der Waals surface area contributed by atoms with E-state index in [1.807, 2.05) is 60.7 Å². The molecule has 0 spiro atoms. The zero-order valence-corrected chi connectivity index (χ0v) is 12.7. The van der Waals surface area contributed by atoms with E-state index in [9.17, 15) is 0 Å². The molecule has 1 radical (unpaired) electrons. The van der Waals surface area contributed by atoms with Crippen LogP contribution in [0.25, 0.3) is 22.3 Å². The number of hydrogen-bond donors (Lipinski definition) is 0. The van der Waals surface area contributed by atoms with Crippen LogP contribution in [0.5, 0.6) is 11.5 Å². The molecule has 0 aromatic heterocycles. The summed E-state index contributed by atoms with van der Waals surface area (Å²) in [6.45, 7) is 0. The van der Waals surface area contributed by atoms with Crippen LogP contribution in [0, 0.1) is 6.07 Å². The van der Waals surface area contributed by atoms with E-state index < -0.39 is 0 Å². The molecule has 0 aliphatic rings. The molecule has 0 aliphatic heterocycles. The topological polar surface area (TPSA) is 18.5 Å². The Kier molecular flexibility index (Phi) is 4.10. The van der Waals surface area contributed by atoms with Crippen LogP contribution in [0.3, 0.4) is 0 Å². The summed E-state index contributed by atoms with van der Waals surface area (Å²) in [5, 5.41) is 0. The first-order chi connectivity index (χ1) is 10.8. The Morgan fingerprint density at radius 2 is 1.14 bits per heavy atom. The van der Waals surface area contributed by atoms with Crippen molar-refractivity contribution < 1.29 is 9.47 Å². The summed E-state index contributed by atoms with van der Waals surface area (Å²) in [6, 6.07) is 25.3. The second kappa shape index (κ2) is 6.35. The molecule has 2 nitrogen and oxygen atoms in total. The van der Waals surface area contributed by atoms with E-state index in [0.717, 1.165) is 33.8 Å². The smallest absolute Gasteiger partial charge is 0.126 e. The van der Waals surface area contributed by atoms with E-state index >= 15 is 0 Å². The fourth-order valence-electron chi connectivity index (χ4n) is 2.55. The first kappa shape index (κ1) is 14.2. The molecule has 0 N–H and O–H groups in total. The Bertz CT molecular complexity index is 715. The van der Waals surface area contributed by atoms with Crippen molar-refractivity contribution in [3.63, 3.8) is 0 Å². The van der Waals surface area contributed by atoms with Crippen LogP contribution < -0.4 is 9.47 Å². The highest BCUT2D eigenvalue weighted by molar-refractivity contribution is 5.78. The van der Waals surface area contributed by atoms with Gasteiger partial charge in [0.25, 0.3) is 0 Å². The normalized spacial score (nSPS) is 10.3. The average Bonchev–Trinajstić information content (AvgIpc) is 2.61. The standard InChI is InChI=1S/C20H17O2/c1-21-19-12-5-3-10-17(19)15-8-7-9-16(14-15)18-11-4-6-13-20(18)22-2/h3-6,8-14H,1-2H3. The van der Waals surface area contributed by atoms with Gasteiger partial charge in [-0.25, -0.2) is 0 Å². The summed E-state index contributed by atoms with van der Waals surface area (Å²) in [5.41, 5.74) is 4.25. The van der Waals surface area contributed by atoms with Crippen LogP contribution in [-0.4, -0.2) is 14.2 Å². The van der Waals surface area contributed by atoms with Crippen molar-refractivity contribution in [2.45, 2.75) is 0 Å². The summed E-state index contributed by atoms with van der Waals surface area (Å²) >= 11 is 0. The highest BCUT2D eigenvalue weighted by Crippen LogP contribution is 2.35. The predicted molar refractivity (Wildman–Crippen MR) is 89.3 cm³/mol. The minimum absolute atomic E-state index is 0.855. The highest BCUT2D eigenvalue weighted by Gasteiger charge is 2.09. The Balaban J connectivity index is 2.10. The van der Waals surface area contributed by atoms with E-state index in [-0.39, 0.29) is 0 Å². The lowest BCUT2D eigenvalue weighted by Gasteiger charge is -2.11. The molecule has 3 aromatic rings. The van der Waals surface area contributed by atoms with Gasteiger partial charge in [-0.15, -0.1) is 0 Å². The zero-order valence-electron chi connectivity index (χ0n) is 12.7. The fraction of sp³-hybridized carbons (Fsp3) is 0.100. The summed E-state index contributed by atoms with van der Waals surface area (Å²) in [7, 11) is 3.37. The quantitative estimate of drug-likeness (QED) is 0.684. The molecule has 0 saturated heterocycles. The molecule has 0 unspecified atom stereocenters. The van der Waals surface area contributed by atoms with Gasteiger partial charge in [0.05, 0.1) is 14.2 Å². The molecular weight excluding hydrogens is 272 g/mol. The van der Waals surface area contributed by atoms with Crippen LogP contribution in [0.4, 0.5) is 0 Å². The highest BCUT2D eigenvalue weighted by atomic mass is 16.5. The maximum atomic E-state index is 5.45. The van der Waals surface area contributed by atoms with Gasteiger partial charge in [-0.3, -0.25) is 0 Å². The Morgan fingerprint density at radius 1 is 0.682 bits per heavy atom. The van der Waals surface area contributed by atoms with Gasteiger partial charge in [-0.1, -0.05) is 36.4 Å². The third-order valence-corrected chi connectivity index (χ3v) is 3.62. The maximum Gasteiger partial charge on any atom is 0.126 e. The number of methoxy groups -OCH3 is 2. The minimum Gasteiger partial charge on any atom is -0.496 e. The van der Waals surface area contributed by atoms with Crippen molar-refractivity contribution in [2.24, 2.45) is 0 Å². The summed E-state index contributed by atoms with van der Waals surface area (Å²) in [6.07, 6.45) is 0. The molecule has 22 heavy (non-hydrogen) atoms. The lowest BCUT2D eigenvalue weighted by atomic mass is 9.98. The SMILES string of the molecule is COc1ccccc1-c1c[c]cc(-c2ccccc2OC)c1. The maximum absolute atomic E-state index is 5.45. The van der Waals surface area contributed by atoms with Crippen LogP contribution in [-0.2, 0) is 0 Å². The minimum atomic E-state index is 0.855. The first-order valence-corrected chi connectivity index (χ1v) is 7.11. The molecule has 2 heteroatoms. The third kappa shape index (κ3) is 2.68. The van der Waals surface area contributed by atoms with Crippen molar-refractivity contribution in [1.29, 1.82) is 0 Å². The molecule has 0 bridgehead atoms. The molecule has 0 amide bonds. The molecule has 3 rings (SSSR count). The van der Waals surface area contributed by atoms with Gasteiger partial charge in [-0.2, -0.15) is 0 Å². The monoisotopic (exact) mass is 289 g/mol. The summed E-state index contributed by atoms with van der Waals surface area (Å²) in [5.74, 6) is 1.71. The van der Waals surface area contributed by atoms with Crippen molar-refractivity contribution in [1.82, 2.24) is 0 Å². The molecular formula is C20H17O2. The Labute approximate surface area is 131 Å². The van der Waals surface area contributed by atoms with Crippen molar-refractivity contribution >= 4 is 0 Å².